The van der Waals surface area contributed by atoms with Gasteiger partial charge in [0, 0.05) is 0 Å². The summed E-state index contributed by atoms with van der Waals surface area (Å²) >= 11 is 0. The molecule has 0 atom stereocenters. The van der Waals surface area contributed by atoms with Crippen molar-refractivity contribution in [1.29, 1.82) is 0 Å². The van der Waals surface area contributed by atoms with Crippen molar-refractivity contribution in [3.05, 3.63) is 0 Å². The first kappa shape index (κ1) is 1110. The molecule has 0 rings (SSSR count). The van der Waals surface area contributed by atoms with Crippen molar-refractivity contribution >= 4 is 214 Å². The fraction of sp³-hybridized carbons (Fsp3) is 0. The van der Waals surface area contributed by atoms with Crippen LogP contribution in [0.15, 0.2) is 0 Å². The van der Waals surface area contributed by atoms with Gasteiger partial charge in [-0.15, -0.1) is 0 Å². The number of hydrogen-bond acceptors (Lipinski definition) is 0. The third kappa shape index (κ3) is 950. The van der Waals surface area contributed by atoms with Gasteiger partial charge < -0.3 is 104 Å². The molecule has 0 aromatic carbocycles. The third-order valence-electron chi connectivity index (χ3n) is 0. The Morgan fingerprint density at radius 2 is 0.125 bits per heavy atom. The van der Waals surface area contributed by atoms with Crippen LogP contribution in [0.25, 0.3) is 0 Å². The maximum atomic E-state index is 0. The second-order valence-corrected chi connectivity index (χ2v) is 0. The summed E-state index contributed by atoms with van der Waals surface area (Å²) in [6, 6.07) is 0. The van der Waals surface area contributed by atoms with E-state index in [1.165, 1.54) is 0 Å². The first-order chi connectivity index (χ1) is 0. The minimum Gasteiger partial charge on any atom is -2.00 e. The minimum absolute atomic E-state index is 0. The van der Waals surface area contributed by atoms with Crippen LogP contribution in [0, 0.1) is 38.6 Å². The smallest absolute Gasteiger partial charge is 2.00 e. The van der Waals surface area contributed by atoms with Crippen LogP contribution in [0.4, 0.5) is 0 Å². The number of hydrogen-bond donors (Lipinski definition) is 0. The molecule has 0 aliphatic carbocycles. The number of rotatable bonds is 0. The molecule has 0 radical (unpaired) electrons. The van der Waals surface area contributed by atoms with E-state index >= 15 is 0 Å². The van der Waals surface area contributed by atoms with Crippen molar-refractivity contribution in [3.63, 3.8) is 0 Å². The average Bonchev–Trinajstić information content (AvgIpc) is 0. The average molecular weight is 784 g/mol. The van der Waals surface area contributed by atoms with E-state index in [1.54, 1.807) is 0 Å². The van der Waals surface area contributed by atoms with Gasteiger partial charge in [0.15, 0.2) is 0 Å². The summed E-state index contributed by atoms with van der Waals surface area (Å²) in [6.07, 6.45) is 0. The molecule has 0 unspecified atom stereocenters. The SMILES string of the molecule is [Al+3].[Al+3].[Al+3].[Al+3].[Al+3].[Al+3].[Al+3].[Al+3].[Al+3].[Al+3].[Al+3].[Mg+2].[O-2].[O-2].[O-2].[O-2].[O-2].[O-2].[O-2].[O-2].[O-2].[O-2].[O-2].[O-2].[O-2].[O-2].[O-2].[O-2].[O-2].[O-2].[O-2].[Tb+3]. The summed E-state index contributed by atoms with van der Waals surface area (Å²) in [4.78, 5) is 0. The Morgan fingerprint density at radius 3 is 0.125 bits per heavy atom. The quantitative estimate of drug-likeness (QED) is 0.207. The molecule has 0 amide bonds. The minimum atomic E-state index is 0. The molecule has 0 aliphatic heterocycles. The molecule has 32 heteroatoms. The van der Waals surface area contributed by atoms with Gasteiger partial charge in [-0.2, -0.15) is 0 Å². The van der Waals surface area contributed by atoms with E-state index in [1.807, 2.05) is 0 Å². The van der Waals surface area contributed by atoms with E-state index in [4.69, 9.17) is 0 Å². The van der Waals surface area contributed by atoms with Gasteiger partial charge in [0.2, 0.25) is 0 Å². The van der Waals surface area contributed by atoms with Crippen molar-refractivity contribution in [2.45, 2.75) is 0 Å². The molecular formula is Al11MgO19Tb. The fourth-order valence-electron chi connectivity index (χ4n) is 0. The normalized spacial score (nSPS) is 0. The molecule has 0 saturated heterocycles. The standard InChI is InChI=1S/11Al.Mg.19O.Tb/q11*+3;+2;19*-2;+3. The van der Waals surface area contributed by atoms with E-state index in [2.05, 4.69) is 0 Å². The molecule has 0 heterocycles. The van der Waals surface area contributed by atoms with Gasteiger partial charge in [0.25, 0.3) is 0 Å². The van der Waals surface area contributed by atoms with Crippen molar-refractivity contribution < 1.29 is 143 Å². The molecule has 32 heavy (non-hydrogen) atoms. The van der Waals surface area contributed by atoms with Crippen LogP contribution in [0.3, 0.4) is 0 Å². The summed E-state index contributed by atoms with van der Waals surface area (Å²) in [6.45, 7) is 0. The van der Waals surface area contributed by atoms with E-state index in [0.717, 1.165) is 0 Å². The molecular weight excluding hydrogens is 784 g/mol. The summed E-state index contributed by atoms with van der Waals surface area (Å²) in [7, 11) is 0. The maximum absolute atomic E-state index is 0. The zero-order valence-corrected chi connectivity index (χ0v) is 31.4. The molecule has 0 bridgehead atoms. The summed E-state index contributed by atoms with van der Waals surface area (Å²) < 4.78 is 0. The Morgan fingerprint density at radius 1 is 0.125 bits per heavy atom. The van der Waals surface area contributed by atoms with Gasteiger partial charge in [-0.05, 0) is 0 Å². The second kappa shape index (κ2) is 1030. The van der Waals surface area contributed by atoms with Crippen LogP contribution in [-0.4, -0.2) is 214 Å². The molecule has 19 nitrogen and oxygen atoms in total. The predicted octanol–water partition coefficient (Wildman–Crippen LogP) is -6.83. The molecule has 0 aromatic heterocycles. The zero-order valence-electron chi connectivity index (χ0n) is 15.1. The summed E-state index contributed by atoms with van der Waals surface area (Å²) in [5.74, 6) is 0. The van der Waals surface area contributed by atoms with Gasteiger partial charge in [0.1, 0.15) is 0 Å². The van der Waals surface area contributed by atoms with Gasteiger partial charge in [-0.3, -0.25) is 0 Å². The summed E-state index contributed by atoms with van der Waals surface area (Å²) in [5.41, 5.74) is 0. The topological polar surface area (TPSA) is 542 Å². The Labute approximate surface area is 350 Å². The Kier molecular flexibility index (Phi) is 35900. The Hall–Kier alpha value is 7.15. The zero-order chi connectivity index (χ0) is 0. The largest absolute Gasteiger partial charge is 3.00 e. The van der Waals surface area contributed by atoms with Gasteiger partial charge >= 0.3 is 253 Å². The monoisotopic (exact) mass is 784 g/mol. The van der Waals surface area contributed by atoms with Crippen LogP contribution < -0.4 is 0 Å². The van der Waals surface area contributed by atoms with Crippen molar-refractivity contribution in [2.75, 3.05) is 0 Å². The van der Waals surface area contributed by atoms with E-state index in [9.17, 15) is 0 Å². The Bertz CT molecular complexity index is 41.2. The van der Waals surface area contributed by atoms with E-state index in [0.29, 0.717) is 0 Å². The van der Waals surface area contributed by atoms with Crippen LogP contribution in [-0.2, 0) is 104 Å². The predicted molar refractivity (Wildman–Crippen MR) is 82.1 cm³/mol. The Balaban J connectivity index is 0. The van der Waals surface area contributed by atoms with Gasteiger partial charge in [-0.1, -0.05) is 0 Å². The molecule has 158 valence electrons. The first-order valence-electron chi connectivity index (χ1n) is 0. The first-order valence-corrected chi connectivity index (χ1v) is 0. The van der Waals surface area contributed by atoms with Gasteiger partial charge in [-0.25, -0.2) is 0 Å². The van der Waals surface area contributed by atoms with E-state index in [-0.39, 0.29) is 357 Å². The third-order valence-corrected chi connectivity index (χ3v) is 0. The van der Waals surface area contributed by atoms with Crippen LogP contribution in [0.1, 0.15) is 0 Å². The van der Waals surface area contributed by atoms with E-state index < -0.39 is 0 Å². The van der Waals surface area contributed by atoms with Gasteiger partial charge in [0.05, 0.1) is 0 Å². The van der Waals surface area contributed by atoms with Crippen molar-refractivity contribution in [2.24, 2.45) is 0 Å². The maximum Gasteiger partial charge on any atom is 3.00 e. The molecule has 0 saturated carbocycles. The van der Waals surface area contributed by atoms with Crippen molar-refractivity contribution in [3.8, 4) is 0 Å². The molecule has 0 aromatic rings. The molecule has 0 spiro atoms. The fourth-order valence-corrected chi connectivity index (χ4v) is 0. The summed E-state index contributed by atoms with van der Waals surface area (Å²) in [5, 5.41) is 0. The van der Waals surface area contributed by atoms with Crippen LogP contribution in [0.2, 0.25) is 0 Å². The molecule has 0 fully saturated rings. The molecule has 0 aliphatic rings. The van der Waals surface area contributed by atoms with Crippen molar-refractivity contribution in [1.82, 2.24) is 0 Å². The second-order valence-electron chi connectivity index (χ2n) is 0. The van der Waals surface area contributed by atoms with Crippen LogP contribution in [0.5, 0.6) is 0 Å². The molecule has 0 N–H and O–H groups in total. The van der Waals surface area contributed by atoms with Crippen LogP contribution >= 0.6 is 0 Å².